The number of Topliss-reactive ketones (excluding diaryl/α,β-unsaturated/α-hetero) is 1. The van der Waals surface area contributed by atoms with Crippen LogP contribution in [0.2, 0.25) is 4.34 Å². The van der Waals surface area contributed by atoms with Crippen LogP contribution >= 0.6 is 22.9 Å². The maximum atomic E-state index is 13.1. The number of nitrogens with zero attached hydrogens (tertiary/aromatic N) is 1. The van der Waals surface area contributed by atoms with Gasteiger partial charge in [-0.2, -0.15) is 0 Å². The Bertz CT molecular complexity index is 629. The number of thiophene rings is 1. The summed E-state index contributed by atoms with van der Waals surface area (Å²) >= 11 is 7.29. The van der Waals surface area contributed by atoms with Gasteiger partial charge >= 0.3 is 0 Å². The van der Waals surface area contributed by atoms with E-state index >= 15 is 0 Å². The van der Waals surface area contributed by atoms with Gasteiger partial charge in [-0.15, -0.1) is 11.3 Å². The number of aromatic hydroxyl groups is 1. The summed E-state index contributed by atoms with van der Waals surface area (Å²) in [6.07, 6.45) is 0. The van der Waals surface area contributed by atoms with Gasteiger partial charge in [0.15, 0.2) is 5.78 Å². The number of carbonyl (C=O) groups excluding carboxylic acids is 1. The summed E-state index contributed by atoms with van der Waals surface area (Å²) in [5.41, 5.74) is 0.000983. The lowest BCUT2D eigenvalue weighted by molar-refractivity contribution is 0.0940. The van der Waals surface area contributed by atoms with Crippen LogP contribution in [0.1, 0.15) is 15.2 Å². The summed E-state index contributed by atoms with van der Waals surface area (Å²) in [5.74, 6) is -1.07. The van der Waals surface area contributed by atoms with Crippen LogP contribution in [0.15, 0.2) is 30.3 Å². The number of hydrogen-bond donors (Lipinski definition) is 1. The number of rotatable bonds is 5. The predicted molar refractivity (Wildman–Crippen MR) is 78.1 cm³/mol. The fourth-order valence-electron chi connectivity index (χ4n) is 1.82. The summed E-state index contributed by atoms with van der Waals surface area (Å²) in [6.45, 7) is 0.658. The first-order chi connectivity index (χ1) is 9.45. The quantitative estimate of drug-likeness (QED) is 0.858. The highest BCUT2D eigenvalue weighted by molar-refractivity contribution is 7.16. The number of likely N-dealkylation sites (N-methyl/N-ethyl adjacent to an activating group) is 1. The average Bonchev–Trinajstić information content (AvgIpc) is 2.77. The lowest BCUT2D eigenvalue weighted by Crippen LogP contribution is -2.25. The van der Waals surface area contributed by atoms with Crippen molar-refractivity contribution in [3.63, 3.8) is 0 Å². The smallest absolute Gasteiger partial charge is 0.180 e. The van der Waals surface area contributed by atoms with E-state index < -0.39 is 5.82 Å². The van der Waals surface area contributed by atoms with Gasteiger partial charge in [0.05, 0.1) is 16.4 Å². The van der Waals surface area contributed by atoms with Crippen molar-refractivity contribution in [2.75, 3.05) is 13.6 Å². The molecule has 0 aliphatic rings. The molecule has 1 aromatic heterocycles. The molecule has 0 fully saturated rings. The van der Waals surface area contributed by atoms with Crippen LogP contribution < -0.4 is 0 Å². The van der Waals surface area contributed by atoms with E-state index in [0.717, 1.165) is 17.0 Å². The van der Waals surface area contributed by atoms with Crippen molar-refractivity contribution in [3.05, 3.63) is 50.9 Å². The molecular weight excluding hydrogens is 301 g/mol. The van der Waals surface area contributed by atoms with E-state index in [0.29, 0.717) is 10.9 Å². The molecule has 0 atom stereocenters. The molecule has 3 nitrogen and oxygen atoms in total. The molecule has 20 heavy (non-hydrogen) atoms. The van der Waals surface area contributed by atoms with Gasteiger partial charge in [-0.05, 0) is 37.4 Å². The number of carbonyl (C=O) groups is 1. The van der Waals surface area contributed by atoms with Crippen LogP contribution in [0, 0.1) is 5.82 Å². The monoisotopic (exact) mass is 313 g/mol. The van der Waals surface area contributed by atoms with Crippen molar-refractivity contribution in [2.24, 2.45) is 0 Å². The average molecular weight is 314 g/mol. The Balaban J connectivity index is 2.02. The van der Waals surface area contributed by atoms with E-state index in [1.54, 1.807) is 18.0 Å². The molecule has 0 spiro atoms. The summed E-state index contributed by atoms with van der Waals surface area (Å²) < 4.78 is 13.8. The van der Waals surface area contributed by atoms with Gasteiger partial charge in [-0.3, -0.25) is 9.69 Å². The number of ketones is 1. The van der Waals surface area contributed by atoms with E-state index in [1.165, 1.54) is 17.4 Å². The summed E-state index contributed by atoms with van der Waals surface area (Å²) in [7, 11) is 1.78. The lowest BCUT2D eigenvalue weighted by atomic mass is 10.1. The number of halogens is 2. The van der Waals surface area contributed by atoms with Crippen molar-refractivity contribution in [1.82, 2.24) is 4.90 Å². The molecule has 1 heterocycles. The molecule has 0 aliphatic heterocycles. The molecule has 6 heteroatoms. The lowest BCUT2D eigenvalue weighted by Gasteiger charge is -2.15. The van der Waals surface area contributed by atoms with Gasteiger partial charge < -0.3 is 5.11 Å². The largest absolute Gasteiger partial charge is 0.507 e. The predicted octanol–water partition coefficient (Wildman–Crippen LogP) is 3.56. The third kappa shape index (κ3) is 3.79. The van der Waals surface area contributed by atoms with Crippen molar-refractivity contribution in [2.45, 2.75) is 6.54 Å². The minimum Gasteiger partial charge on any atom is -0.507 e. The summed E-state index contributed by atoms with van der Waals surface area (Å²) in [5, 5.41) is 9.59. The van der Waals surface area contributed by atoms with Crippen LogP contribution in [0.5, 0.6) is 5.75 Å². The second kappa shape index (κ2) is 6.35. The number of phenolic OH excluding ortho intramolecular Hbond substituents is 1. The van der Waals surface area contributed by atoms with Gasteiger partial charge in [0.2, 0.25) is 0 Å². The van der Waals surface area contributed by atoms with Gasteiger partial charge in [0, 0.05) is 11.4 Å². The number of benzene rings is 1. The minimum atomic E-state index is -0.543. The first kappa shape index (κ1) is 15.0. The maximum absolute atomic E-state index is 13.1. The van der Waals surface area contributed by atoms with Crippen molar-refractivity contribution in [1.29, 1.82) is 0 Å². The Morgan fingerprint density at radius 2 is 2.15 bits per heavy atom. The van der Waals surface area contributed by atoms with Crippen molar-refractivity contribution in [3.8, 4) is 5.75 Å². The Kier molecular flexibility index (Phi) is 4.75. The fraction of sp³-hybridized carbons (Fsp3) is 0.214. The molecule has 0 saturated carbocycles. The third-order valence-electron chi connectivity index (χ3n) is 2.73. The molecule has 0 unspecified atom stereocenters. The van der Waals surface area contributed by atoms with Crippen LogP contribution in [0.4, 0.5) is 4.39 Å². The molecule has 2 aromatic rings. The fourth-order valence-corrected chi connectivity index (χ4v) is 2.99. The molecule has 0 radical (unpaired) electrons. The standard InChI is InChI=1S/C14H13ClFNO2S/c1-17(7-10-3-5-14(15)20-10)8-13(19)11-6-9(16)2-4-12(11)18/h2-6,18H,7-8H2,1H3. The summed E-state index contributed by atoms with van der Waals surface area (Å²) in [6, 6.07) is 7.04. The third-order valence-corrected chi connectivity index (χ3v) is 3.94. The minimum absolute atomic E-state index is 0.000983. The highest BCUT2D eigenvalue weighted by Crippen LogP contribution is 2.23. The van der Waals surface area contributed by atoms with Crippen LogP contribution in [-0.2, 0) is 6.54 Å². The van der Waals surface area contributed by atoms with Gasteiger partial charge in [-0.25, -0.2) is 4.39 Å². The first-order valence-corrected chi connectivity index (χ1v) is 7.09. The molecule has 0 amide bonds. The SMILES string of the molecule is CN(CC(=O)c1cc(F)ccc1O)Cc1ccc(Cl)s1. The topological polar surface area (TPSA) is 40.5 Å². The van der Waals surface area contributed by atoms with Gasteiger partial charge in [0.25, 0.3) is 0 Å². The zero-order chi connectivity index (χ0) is 14.7. The van der Waals surface area contributed by atoms with E-state index in [1.807, 2.05) is 6.07 Å². The molecule has 106 valence electrons. The molecule has 2 rings (SSSR count). The van der Waals surface area contributed by atoms with E-state index in [4.69, 9.17) is 11.6 Å². The van der Waals surface area contributed by atoms with Crippen molar-refractivity contribution < 1.29 is 14.3 Å². The Labute approximate surface area is 125 Å². The van der Waals surface area contributed by atoms with Crippen LogP contribution in [0.3, 0.4) is 0 Å². The summed E-state index contributed by atoms with van der Waals surface area (Å²) in [4.78, 5) is 14.9. The maximum Gasteiger partial charge on any atom is 0.180 e. The molecule has 0 bridgehead atoms. The Morgan fingerprint density at radius 1 is 1.40 bits per heavy atom. The highest BCUT2D eigenvalue weighted by atomic mass is 35.5. The van der Waals surface area contributed by atoms with Crippen LogP contribution in [0.25, 0.3) is 0 Å². The Morgan fingerprint density at radius 3 is 2.80 bits per heavy atom. The van der Waals surface area contributed by atoms with E-state index in [-0.39, 0.29) is 23.6 Å². The normalized spacial score (nSPS) is 11.0. The van der Waals surface area contributed by atoms with E-state index in [2.05, 4.69) is 0 Å². The second-order valence-electron chi connectivity index (χ2n) is 4.46. The zero-order valence-corrected chi connectivity index (χ0v) is 12.3. The van der Waals surface area contributed by atoms with Crippen LogP contribution in [-0.4, -0.2) is 29.4 Å². The molecular formula is C14H13ClFNO2S. The second-order valence-corrected chi connectivity index (χ2v) is 6.26. The van der Waals surface area contributed by atoms with E-state index in [9.17, 15) is 14.3 Å². The Hall–Kier alpha value is -1.43. The molecule has 1 N–H and O–H groups in total. The molecule has 1 aromatic carbocycles. The van der Waals surface area contributed by atoms with Gasteiger partial charge in [-0.1, -0.05) is 11.6 Å². The highest BCUT2D eigenvalue weighted by Gasteiger charge is 2.15. The molecule has 0 saturated heterocycles. The zero-order valence-electron chi connectivity index (χ0n) is 10.8. The van der Waals surface area contributed by atoms with Gasteiger partial charge in [0.1, 0.15) is 11.6 Å². The first-order valence-electron chi connectivity index (χ1n) is 5.90. The molecule has 0 aliphatic carbocycles. The number of phenols is 1. The van der Waals surface area contributed by atoms with Crippen molar-refractivity contribution >= 4 is 28.7 Å². The number of hydrogen-bond acceptors (Lipinski definition) is 4.